The minimum absolute atomic E-state index is 0.0436. The van der Waals surface area contributed by atoms with Gasteiger partial charge in [-0.3, -0.25) is 4.79 Å². The van der Waals surface area contributed by atoms with Gasteiger partial charge in [-0.2, -0.15) is 0 Å². The largest absolute Gasteiger partial charge is 0.394 e. The second kappa shape index (κ2) is 58.9. The second-order valence-corrected chi connectivity index (χ2v) is 22.4. The van der Waals surface area contributed by atoms with Crippen LogP contribution >= 0.6 is 0 Å². The highest BCUT2D eigenvalue weighted by molar-refractivity contribution is 5.76. The first-order valence-electron chi connectivity index (χ1n) is 31.8. The van der Waals surface area contributed by atoms with Gasteiger partial charge in [0.1, 0.15) is 0 Å². The lowest BCUT2D eigenvalue weighted by Crippen LogP contribution is -2.46. The van der Waals surface area contributed by atoms with Crippen molar-refractivity contribution in [1.29, 1.82) is 0 Å². The van der Waals surface area contributed by atoms with E-state index in [2.05, 4.69) is 19.2 Å². The molecule has 0 aliphatic heterocycles. The van der Waals surface area contributed by atoms with Crippen LogP contribution in [0.25, 0.3) is 0 Å². The van der Waals surface area contributed by atoms with E-state index in [0.717, 1.165) is 25.7 Å². The third-order valence-electron chi connectivity index (χ3n) is 15.4. The van der Waals surface area contributed by atoms with E-state index in [0.29, 0.717) is 12.8 Å². The highest BCUT2D eigenvalue weighted by atomic mass is 16.3. The van der Waals surface area contributed by atoms with Crippen molar-refractivity contribution in [2.75, 3.05) is 6.61 Å². The van der Waals surface area contributed by atoms with Crippen molar-refractivity contribution < 1.29 is 20.1 Å². The molecule has 0 heterocycles. The summed E-state index contributed by atoms with van der Waals surface area (Å²) in [6.45, 7) is 4.31. The van der Waals surface area contributed by atoms with Gasteiger partial charge in [0.05, 0.1) is 31.3 Å². The molecular formula is C63H127NO4. The summed E-state index contributed by atoms with van der Waals surface area (Å²) >= 11 is 0. The minimum atomic E-state index is -0.745. The zero-order valence-corrected chi connectivity index (χ0v) is 46.8. The van der Waals surface area contributed by atoms with Gasteiger partial charge in [-0.1, -0.05) is 354 Å². The molecule has 408 valence electrons. The number of carbonyl (C=O) groups excluding carboxylic acids is 1. The Morgan fingerprint density at radius 2 is 0.500 bits per heavy atom. The van der Waals surface area contributed by atoms with E-state index in [1.807, 2.05) is 0 Å². The van der Waals surface area contributed by atoms with Crippen molar-refractivity contribution in [2.45, 2.75) is 392 Å². The molecule has 0 aromatic heterocycles. The Labute approximate surface area is 427 Å². The number of rotatable bonds is 60. The molecule has 3 unspecified atom stereocenters. The van der Waals surface area contributed by atoms with E-state index in [9.17, 15) is 20.1 Å². The second-order valence-electron chi connectivity index (χ2n) is 22.4. The molecule has 0 aromatic carbocycles. The molecule has 0 spiro atoms. The van der Waals surface area contributed by atoms with Crippen LogP contribution in [0.4, 0.5) is 0 Å². The number of amides is 1. The van der Waals surface area contributed by atoms with Gasteiger partial charge in [-0.15, -0.1) is 0 Å². The van der Waals surface area contributed by atoms with Gasteiger partial charge in [0.15, 0.2) is 0 Å². The first-order valence-corrected chi connectivity index (χ1v) is 31.8. The van der Waals surface area contributed by atoms with Crippen LogP contribution in [0.3, 0.4) is 0 Å². The van der Waals surface area contributed by atoms with Gasteiger partial charge in [0.25, 0.3) is 0 Å². The number of carbonyl (C=O) groups is 1. The van der Waals surface area contributed by atoms with Crippen LogP contribution in [-0.2, 0) is 4.79 Å². The third kappa shape index (κ3) is 54.7. The molecule has 0 rings (SSSR count). The Kier molecular flexibility index (Phi) is 58.4. The maximum atomic E-state index is 12.5. The standard InChI is InChI=1S/C63H127NO4/c1-3-5-7-9-11-13-15-17-19-21-22-23-24-25-26-27-28-29-30-31-32-33-34-35-36-37-38-39-40-41-42-44-46-48-50-52-54-56-60(66)58-63(68)64-61(59-65)62(67)57-55-53-51-49-47-45-43-20-18-16-14-12-10-8-6-4-2/h60-62,65-67H,3-59H2,1-2H3,(H,64,68). The number of hydrogen-bond donors (Lipinski definition) is 4. The van der Waals surface area contributed by atoms with Crippen molar-refractivity contribution >= 4 is 5.91 Å². The fraction of sp³-hybridized carbons (Fsp3) is 0.984. The summed E-state index contributed by atoms with van der Waals surface area (Å²) in [5, 5.41) is 33.7. The lowest BCUT2D eigenvalue weighted by atomic mass is 10.0. The molecule has 1 amide bonds. The van der Waals surface area contributed by atoms with Gasteiger partial charge < -0.3 is 20.6 Å². The first kappa shape index (κ1) is 67.3. The fourth-order valence-corrected chi connectivity index (χ4v) is 10.6. The summed E-state index contributed by atoms with van der Waals surface area (Å²) in [6.07, 6.45) is 73.1. The van der Waals surface area contributed by atoms with Gasteiger partial charge in [0.2, 0.25) is 5.91 Å². The lowest BCUT2D eigenvalue weighted by molar-refractivity contribution is -0.125. The summed E-state index contributed by atoms with van der Waals surface area (Å²) in [5.41, 5.74) is 0. The molecule has 5 nitrogen and oxygen atoms in total. The van der Waals surface area contributed by atoms with E-state index < -0.39 is 18.2 Å². The number of hydrogen-bond acceptors (Lipinski definition) is 4. The molecule has 0 saturated heterocycles. The highest BCUT2D eigenvalue weighted by Crippen LogP contribution is 2.19. The molecule has 68 heavy (non-hydrogen) atoms. The number of aliphatic hydroxyl groups excluding tert-OH is 3. The summed E-state index contributed by atoms with van der Waals surface area (Å²) < 4.78 is 0. The minimum Gasteiger partial charge on any atom is -0.394 e. The highest BCUT2D eigenvalue weighted by Gasteiger charge is 2.21. The van der Waals surface area contributed by atoms with Crippen LogP contribution in [0.5, 0.6) is 0 Å². The molecule has 0 fully saturated rings. The molecule has 4 N–H and O–H groups in total. The maximum Gasteiger partial charge on any atom is 0.222 e. The van der Waals surface area contributed by atoms with Crippen LogP contribution in [0.2, 0.25) is 0 Å². The predicted molar refractivity (Wildman–Crippen MR) is 301 cm³/mol. The van der Waals surface area contributed by atoms with Crippen molar-refractivity contribution in [1.82, 2.24) is 5.32 Å². The molecule has 0 aliphatic carbocycles. The van der Waals surface area contributed by atoms with Crippen molar-refractivity contribution in [3.05, 3.63) is 0 Å². The fourth-order valence-electron chi connectivity index (χ4n) is 10.6. The van der Waals surface area contributed by atoms with Gasteiger partial charge >= 0.3 is 0 Å². The Morgan fingerprint density at radius 3 is 0.706 bits per heavy atom. The number of nitrogens with one attached hydrogen (secondary N) is 1. The van der Waals surface area contributed by atoms with Crippen LogP contribution in [-0.4, -0.2) is 46.1 Å². The average molecular weight is 963 g/mol. The number of unbranched alkanes of at least 4 members (excludes halogenated alkanes) is 51. The third-order valence-corrected chi connectivity index (χ3v) is 15.4. The molecule has 0 aliphatic rings. The topological polar surface area (TPSA) is 89.8 Å². The Morgan fingerprint density at radius 1 is 0.309 bits per heavy atom. The van der Waals surface area contributed by atoms with Gasteiger partial charge in [-0.05, 0) is 12.8 Å². The molecular weight excluding hydrogens is 835 g/mol. The molecule has 0 bridgehead atoms. The average Bonchev–Trinajstić information content (AvgIpc) is 3.33. The maximum absolute atomic E-state index is 12.5. The van der Waals surface area contributed by atoms with Crippen LogP contribution < -0.4 is 5.32 Å². The molecule has 0 radical (unpaired) electrons. The Bertz CT molecular complexity index is 929. The van der Waals surface area contributed by atoms with Gasteiger partial charge in [0, 0.05) is 0 Å². The smallest absolute Gasteiger partial charge is 0.222 e. The Balaban J connectivity index is 3.39. The summed E-state index contributed by atoms with van der Waals surface area (Å²) in [7, 11) is 0. The zero-order chi connectivity index (χ0) is 49.3. The van der Waals surface area contributed by atoms with E-state index in [-0.39, 0.29) is 18.9 Å². The van der Waals surface area contributed by atoms with E-state index >= 15 is 0 Å². The molecule has 0 aromatic rings. The van der Waals surface area contributed by atoms with Crippen molar-refractivity contribution in [3.63, 3.8) is 0 Å². The first-order chi connectivity index (χ1) is 33.5. The van der Waals surface area contributed by atoms with Gasteiger partial charge in [-0.25, -0.2) is 0 Å². The van der Waals surface area contributed by atoms with E-state index in [4.69, 9.17) is 0 Å². The predicted octanol–water partition coefficient (Wildman–Crippen LogP) is 20.1. The summed E-state index contributed by atoms with van der Waals surface area (Å²) in [5.74, 6) is -0.274. The van der Waals surface area contributed by atoms with E-state index in [1.165, 1.54) is 315 Å². The van der Waals surface area contributed by atoms with Crippen molar-refractivity contribution in [3.8, 4) is 0 Å². The molecule has 5 heteroatoms. The quantitative estimate of drug-likeness (QED) is 0.0457. The van der Waals surface area contributed by atoms with Crippen LogP contribution in [0.1, 0.15) is 373 Å². The monoisotopic (exact) mass is 962 g/mol. The molecule has 3 atom stereocenters. The lowest BCUT2D eigenvalue weighted by Gasteiger charge is -2.23. The zero-order valence-electron chi connectivity index (χ0n) is 46.8. The van der Waals surface area contributed by atoms with Crippen LogP contribution in [0.15, 0.2) is 0 Å². The SMILES string of the molecule is CCCCCCCCCCCCCCCCCCCCCCCCCCCCCCCCCCCCCCCC(O)CC(=O)NC(CO)C(O)CCCCCCCCCCCCCCCCCC. The molecule has 0 saturated carbocycles. The van der Waals surface area contributed by atoms with Crippen molar-refractivity contribution in [2.24, 2.45) is 0 Å². The van der Waals surface area contributed by atoms with E-state index in [1.54, 1.807) is 0 Å². The Hall–Kier alpha value is -0.650. The summed E-state index contributed by atoms with van der Waals surface area (Å²) in [4.78, 5) is 12.5. The normalized spacial score (nSPS) is 13.1. The van der Waals surface area contributed by atoms with Crippen LogP contribution in [0, 0.1) is 0 Å². The number of aliphatic hydroxyl groups is 3. The summed E-state index contributed by atoms with van der Waals surface area (Å²) in [6, 6.07) is -0.654.